The summed E-state index contributed by atoms with van der Waals surface area (Å²) >= 11 is 0. The molecule has 2 heteroatoms. The molecule has 0 atom stereocenters. The molecule has 0 saturated carbocycles. The highest BCUT2D eigenvalue weighted by atomic mass is 16.5. The van der Waals surface area contributed by atoms with Gasteiger partial charge in [0.15, 0.2) is 0 Å². The highest BCUT2D eigenvalue weighted by Crippen LogP contribution is 2.19. The largest absolute Gasteiger partial charge is 0.352 e. The second-order valence-corrected chi connectivity index (χ2v) is 2.64. The van der Waals surface area contributed by atoms with Gasteiger partial charge in [-0.25, -0.2) is 0 Å². The number of aryl methyl sites for hydroxylation is 1. The van der Waals surface area contributed by atoms with Crippen molar-refractivity contribution in [2.75, 3.05) is 0 Å². The van der Waals surface area contributed by atoms with Crippen molar-refractivity contribution in [2.45, 2.75) is 6.92 Å². The molecule has 2 aromatic rings. The summed E-state index contributed by atoms with van der Waals surface area (Å²) in [5.41, 5.74) is 3.13. The third-order valence-corrected chi connectivity index (χ3v) is 1.81. The van der Waals surface area contributed by atoms with E-state index >= 15 is 0 Å². The van der Waals surface area contributed by atoms with Gasteiger partial charge in [0.1, 0.15) is 5.69 Å². The van der Waals surface area contributed by atoms with Crippen LogP contribution >= 0.6 is 0 Å². The Balaban J connectivity index is 2.55. The fourth-order valence-corrected chi connectivity index (χ4v) is 1.17. The Hall–Kier alpha value is -1.57. The molecule has 12 heavy (non-hydrogen) atoms. The lowest BCUT2D eigenvalue weighted by Gasteiger charge is -1.98. The molecule has 0 fully saturated rings. The number of hydrogen-bond donors (Lipinski definition) is 0. The van der Waals surface area contributed by atoms with E-state index in [4.69, 9.17) is 0 Å². The van der Waals surface area contributed by atoms with Crippen molar-refractivity contribution in [1.29, 1.82) is 0 Å². The molecule has 0 aliphatic carbocycles. The summed E-state index contributed by atoms with van der Waals surface area (Å²) in [6.45, 7) is 2.05. The van der Waals surface area contributed by atoms with Gasteiger partial charge in [0.05, 0.1) is 0 Å². The number of hydrogen-bond acceptors (Lipinski definition) is 2. The minimum absolute atomic E-state index is 0.841. The van der Waals surface area contributed by atoms with Gasteiger partial charge in [-0.15, -0.1) is 0 Å². The first-order chi connectivity index (χ1) is 5.88. The quantitative estimate of drug-likeness (QED) is 0.637. The molecule has 1 radical (unpaired) electrons. The number of nitrogens with zero attached hydrogens (tertiary/aromatic N) is 1. The summed E-state index contributed by atoms with van der Waals surface area (Å²) in [7, 11) is 0. The Morgan fingerprint density at radius 2 is 2.17 bits per heavy atom. The predicted octanol–water partition coefficient (Wildman–Crippen LogP) is 2.45. The van der Waals surface area contributed by atoms with E-state index in [0.29, 0.717) is 0 Å². The molecule has 2 nitrogen and oxygen atoms in total. The van der Waals surface area contributed by atoms with E-state index in [2.05, 4.69) is 15.9 Å². The first-order valence-electron chi connectivity index (χ1n) is 3.77. The van der Waals surface area contributed by atoms with Gasteiger partial charge in [-0.2, -0.15) is 0 Å². The first-order valence-corrected chi connectivity index (χ1v) is 3.77. The Bertz CT molecular complexity index is 365. The van der Waals surface area contributed by atoms with Crippen molar-refractivity contribution in [3.8, 4) is 11.3 Å². The molecular formula is C10H8NO. The molecule has 0 N–H and O–H groups in total. The Kier molecular flexibility index (Phi) is 1.67. The maximum atomic E-state index is 4.65. The third-order valence-electron chi connectivity index (χ3n) is 1.81. The van der Waals surface area contributed by atoms with Gasteiger partial charge in [0.25, 0.3) is 0 Å². The zero-order valence-electron chi connectivity index (χ0n) is 6.74. The average Bonchev–Trinajstić information content (AvgIpc) is 2.57. The molecule has 0 bridgehead atoms. The van der Waals surface area contributed by atoms with Crippen LogP contribution in [0.5, 0.6) is 0 Å². The van der Waals surface area contributed by atoms with Crippen molar-refractivity contribution < 1.29 is 4.52 Å². The van der Waals surface area contributed by atoms with Crippen molar-refractivity contribution in [2.24, 2.45) is 0 Å². The Morgan fingerprint density at radius 1 is 1.33 bits per heavy atom. The SMILES string of the molecule is Cc1ccccc1-c1c[c]on1. The maximum Gasteiger partial charge on any atom is 0.205 e. The van der Waals surface area contributed by atoms with Gasteiger partial charge < -0.3 is 4.52 Å². The molecule has 1 aromatic heterocycles. The van der Waals surface area contributed by atoms with E-state index in [-0.39, 0.29) is 0 Å². The van der Waals surface area contributed by atoms with Gasteiger partial charge in [0, 0.05) is 11.6 Å². The normalized spacial score (nSPS) is 10.1. The van der Waals surface area contributed by atoms with E-state index in [1.54, 1.807) is 6.07 Å². The van der Waals surface area contributed by atoms with Gasteiger partial charge in [-0.3, -0.25) is 0 Å². The fraction of sp³-hybridized carbons (Fsp3) is 0.100. The van der Waals surface area contributed by atoms with Gasteiger partial charge >= 0.3 is 0 Å². The van der Waals surface area contributed by atoms with Crippen LogP contribution in [0.1, 0.15) is 5.56 Å². The molecule has 2 rings (SSSR count). The molecule has 1 heterocycles. The summed E-state index contributed by atoms with van der Waals surface area (Å²) in [6, 6.07) is 9.78. The average molecular weight is 158 g/mol. The van der Waals surface area contributed by atoms with Crippen LogP contribution in [0, 0.1) is 13.2 Å². The van der Waals surface area contributed by atoms with Crippen molar-refractivity contribution >= 4 is 0 Å². The van der Waals surface area contributed by atoms with Gasteiger partial charge in [-0.1, -0.05) is 29.4 Å². The molecule has 1 aromatic carbocycles. The third kappa shape index (κ3) is 1.11. The molecule has 0 aliphatic heterocycles. The topological polar surface area (TPSA) is 26.0 Å². The summed E-state index contributed by atoms with van der Waals surface area (Å²) < 4.78 is 4.65. The smallest absolute Gasteiger partial charge is 0.205 e. The van der Waals surface area contributed by atoms with Crippen LogP contribution < -0.4 is 0 Å². The van der Waals surface area contributed by atoms with E-state index in [9.17, 15) is 0 Å². The number of aromatic nitrogens is 1. The van der Waals surface area contributed by atoms with Crippen molar-refractivity contribution in [3.63, 3.8) is 0 Å². The van der Waals surface area contributed by atoms with Crippen molar-refractivity contribution in [1.82, 2.24) is 5.16 Å². The van der Waals surface area contributed by atoms with Crippen LogP contribution in [0.15, 0.2) is 34.9 Å². The standard InChI is InChI=1S/C10H8NO/c1-8-4-2-3-5-9(8)10-6-7-12-11-10/h2-6H,1H3. The van der Waals surface area contributed by atoms with Crippen LogP contribution in [0.4, 0.5) is 0 Å². The molecular weight excluding hydrogens is 150 g/mol. The van der Waals surface area contributed by atoms with E-state index in [0.717, 1.165) is 11.3 Å². The monoisotopic (exact) mass is 158 g/mol. The van der Waals surface area contributed by atoms with E-state index in [1.165, 1.54) is 5.56 Å². The minimum Gasteiger partial charge on any atom is -0.352 e. The summed E-state index contributed by atoms with van der Waals surface area (Å²) in [6.07, 6.45) is 2.57. The Morgan fingerprint density at radius 3 is 2.83 bits per heavy atom. The molecule has 0 spiro atoms. The number of rotatable bonds is 1. The highest BCUT2D eigenvalue weighted by molar-refractivity contribution is 5.62. The lowest BCUT2D eigenvalue weighted by Crippen LogP contribution is -1.80. The Labute approximate surface area is 70.8 Å². The zero-order chi connectivity index (χ0) is 8.39. The highest BCUT2D eigenvalue weighted by Gasteiger charge is 2.02. The zero-order valence-corrected chi connectivity index (χ0v) is 6.74. The van der Waals surface area contributed by atoms with Crippen molar-refractivity contribution in [3.05, 3.63) is 42.2 Å². The summed E-state index contributed by atoms with van der Waals surface area (Å²) in [5.74, 6) is 0. The molecule has 59 valence electrons. The lowest BCUT2D eigenvalue weighted by atomic mass is 10.1. The van der Waals surface area contributed by atoms with Crippen LogP contribution in [-0.2, 0) is 0 Å². The molecule has 0 aliphatic rings. The van der Waals surface area contributed by atoms with Crippen LogP contribution in [0.25, 0.3) is 11.3 Å². The van der Waals surface area contributed by atoms with Crippen LogP contribution in [-0.4, -0.2) is 5.16 Å². The molecule has 0 amide bonds. The number of benzene rings is 1. The predicted molar refractivity (Wildman–Crippen MR) is 45.5 cm³/mol. The molecule has 0 saturated heterocycles. The second-order valence-electron chi connectivity index (χ2n) is 2.64. The molecule has 0 unspecified atom stereocenters. The van der Waals surface area contributed by atoms with E-state index in [1.807, 2.05) is 31.2 Å². The van der Waals surface area contributed by atoms with Gasteiger partial charge in [-0.05, 0) is 12.5 Å². The lowest BCUT2D eigenvalue weighted by molar-refractivity contribution is 0.415. The minimum atomic E-state index is 0.841. The van der Waals surface area contributed by atoms with E-state index < -0.39 is 0 Å². The first kappa shape index (κ1) is 7.10. The summed E-state index contributed by atoms with van der Waals surface area (Å²) in [5, 5.41) is 3.82. The second kappa shape index (κ2) is 2.81. The summed E-state index contributed by atoms with van der Waals surface area (Å²) in [4.78, 5) is 0. The fourth-order valence-electron chi connectivity index (χ4n) is 1.17. The maximum absolute atomic E-state index is 4.65. The van der Waals surface area contributed by atoms with Crippen LogP contribution in [0.2, 0.25) is 0 Å². The van der Waals surface area contributed by atoms with Crippen LogP contribution in [0.3, 0.4) is 0 Å². The van der Waals surface area contributed by atoms with Gasteiger partial charge in [0.2, 0.25) is 6.26 Å².